The molecule has 0 spiro atoms. The Morgan fingerprint density at radius 3 is 2.46 bits per heavy atom. The largest absolute Gasteiger partial charge is 0.467 e. The average molecular weight is 399 g/mol. The average Bonchev–Trinajstić information content (AvgIpc) is 3.24. The third-order valence-electron chi connectivity index (χ3n) is 4.29. The zero-order chi connectivity index (χ0) is 20.0. The van der Waals surface area contributed by atoms with Crippen LogP contribution in [0.1, 0.15) is 21.7 Å². The SMILES string of the molecule is CN(CCc1ccncc1)S(=O)(=O)c1ccc(C(=O)NCc2ccco2)cc1. The van der Waals surface area contributed by atoms with Crippen molar-refractivity contribution in [2.45, 2.75) is 17.9 Å². The third-order valence-corrected chi connectivity index (χ3v) is 6.16. The summed E-state index contributed by atoms with van der Waals surface area (Å²) < 4.78 is 31.9. The lowest BCUT2D eigenvalue weighted by Gasteiger charge is -2.17. The molecule has 2 heterocycles. The number of hydrogen-bond donors (Lipinski definition) is 1. The molecule has 0 saturated carbocycles. The first-order valence-corrected chi connectivity index (χ1v) is 10.2. The predicted molar refractivity (Wildman–Crippen MR) is 104 cm³/mol. The van der Waals surface area contributed by atoms with Crippen molar-refractivity contribution < 1.29 is 17.6 Å². The fraction of sp³-hybridized carbons (Fsp3) is 0.200. The Morgan fingerprint density at radius 2 is 1.82 bits per heavy atom. The quantitative estimate of drug-likeness (QED) is 0.628. The number of likely N-dealkylation sites (N-methyl/N-ethyl adjacent to an activating group) is 1. The fourth-order valence-electron chi connectivity index (χ4n) is 2.60. The van der Waals surface area contributed by atoms with E-state index in [2.05, 4.69) is 10.3 Å². The molecule has 1 amide bonds. The monoisotopic (exact) mass is 399 g/mol. The van der Waals surface area contributed by atoms with E-state index in [0.717, 1.165) is 5.56 Å². The van der Waals surface area contributed by atoms with Crippen molar-refractivity contribution in [3.05, 3.63) is 84.1 Å². The Bertz CT molecular complexity index is 1000. The lowest BCUT2D eigenvalue weighted by atomic mass is 10.2. The van der Waals surface area contributed by atoms with E-state index in [9.17, 15) is 13.2 Å². The first-order chi connectivity index (χ1) is 13.5. The van der Waals surface area contributed by atoms with Crippen LogP contribution in [0.2, 0.25) is 0 Å². The molecule has 146 valence electrons. The molecule has 8 heteroatoms. The van der Waals surface area contributed by atoms with Crippen molar-refractivity contribution in [2.24, 2.45) is 0 Å². The fourth-order valence-corrected chi connectivity index (χ4v) is 3.77. The standard InChI is InChI=1S/C20H21N3O4S/c1-23(13-10-16-8-11-21-12-9-16)28(25,26)19-6-4-17(5-7-19)20(24)22-15-18-3-2-14-27-18/h2-9,11-12,14H,10,13,15H2,1H3,(H,22,24). The van der Waals surface area contributed by atoms with E-state index < -0.39 is 10.0 Å². The van der Waals surface area contributed by atoms with Gasteiger partial charge in [0.1, 0.15) is 5.76 Å². The van der Waals surface area contributed by atoms with Gasteiger partial charge in [-0.15, -0.1) is 0 Å². The number of nitrogens with zero attached hydrogens (tertiary/aromatic N) is 2. The van der Waals surface area contributed by atoms with E-state index in [-0.39, 0.29) is 17.3 Å². The summed E-state index contributed by atoms with van der Waals surface area (Å²) in [6.45, 7) is 0.612. The number of hydrogen-bond acceptors (Lipinski definition) is 5. The lowest BCUT2D eigenvalue weighted by molar-refractivity contribution is 0.0948. The van der Waals surface area contributed by atoms with Gasteiger partial charge in [0, 0.05) is 31.5 Å². The van der Waals surface area contributed by atoms with Gasteiger partial charge in [-0.3, -0.25) is 9.78 Å². The Balaban J connectivity index is 1.61. The van der Waals surface area contributed by atoms with Gasteiger partial charge in [0.25, 0.3) is 5.91 Å². The first-order valence-electron chi connectivity index (χ1n) is 8.73. The summed E-state index contributed by atoms with van der Waals surface area (Å²) in [5, 5.41) is 2.72. The van der Waals surface area contributed by atoms with Gasteiger partial charge in [0.2, 0.25) is 10.0 Å². The van der Waals surface area contributed by atoms with Gasteiger partial charge < -0.3 is 9.73 Å². The Kier molecular flexibility index (Phi) is 6.23. The molecule has 1 N–H and O–H groups in total. The first kappa shape index (κ1) is 19.8. The highest BCUT2D eigenvalue weighted by Crippen LogP contribution is 2.16. The van der Waals surface area contributed by atoms with Crippen LogP contribution < -0.4 is 5.32 Å². The topological polar surface area (TPSA) is 92.5 Å². The van der Waals surface area contributed by atoms with Crippen LogP contribution in [-0.2, 0) is 23.0 Å². The summed E-state index contributed by atoms with van der Waals surface area (Å²) in [7, 11) is -2.09. The van der Waals surface area contributed by atoms with Gasteiger partial charge in [-0.2, -0.15) is 0 Å². The molecular weight excluding hydrogens is 378 g/mol. The summed E-state index contributed by atoms with van der Waals surface area (Å²) in [6, 6.07) is 13.1. The minimum atomic E-state index is -3.63. The van der Waals surface area contributed by atoms with E-state index in [0.29, 0.717) is 24.3 Å². The van der Waals surface area contributed by atoms with Crippen molar-refractivity contribution in [1.29, 1.82) is 0 Å². The molecule has 0 unspecified atom stereocenters. The van der Waals surface area contributed by atoms with Gasteiger partial charge in [-0.1, -0.05) is 0 Å². The highest BCUT2D eigenvalue weighted by molar-refractivity contribution is 7.89. The van der Waals surface area contributed by atoms with Crippen LogP contribution in [0.3, 0.4) is 0 Å². The summed E-state index contributed by atoms with van der Waals surface area (Å²) in [5.74, 6) is 0.342. The molecular formula is C20H21N3O4S. The Morgan fingerprint density at radius 1 is 1.11 bits per heavy atom. The van der Waals surface area contributed by atoms with Crippen LogP contribution in [0.5, 0.6) is 0 Å². The maximum atomic E-state index is 12.7. The molecule has 0 aliphatic rings. The number of aromatic nitrogens is 1. The minimum absolute atomic E-state index is 0.146. The normalized spacial score (nSPS) is 11.5. The number of benzene rings is 1. The number of rotatable bonds is 8. The number of amides is 1. The van der Waals surface area contributed by atoms with E-state index >= 15 is 0 Å². The lowest BCUT2D eigenvalue weighted by Crippen LogP contribution is -2.29. The van der Waals surface area contributed by atoms with Crippen molar-refractivity contribution in [1.82, 2.24) is 14.6 Å². The predicted octanol–water partition coefficient (Wildman–Crippen LogP) is 2.47. The van der Waals surface area contributed by atoms with Gasteiger partial charge in [-0.25, -0.2) is 12.7 Å². The van der Waals surface area contributed by atoms with Crippen molar-refractivity contribution in [3.8, 4) is 0 Å². The van der Waals surface area contributed by atoms with Crippen LogP contribution in [-0.4, -0.2) is 37.2 Å². The van der Waals surface area contributed by atoms with Crippen LogP contribution in [0, 0.1) is 0 Å². The van der Waals surface area contributed by atoms with Gasteiger partial charge in [-0.05, 0) is 60.5 Å². The molecule has 7 nitrogen and oxygen atoms in total. The van der Waals surface area contributed by atoms with E-state index in [1.165, 1.54) is 34.8 Å². The number of pyridine rings is 1. The number of sulfonamides is 1. The summed E-state index contributed by atoms with van der Waals surface area (Å²) >= 11 is 0. The van der Waals surface area contributed by atoms with Crippen molar-refractivity contribution >= 4 is 15.9 Å². The van der Waals surface area contributed by atoms with E-state index in [1.54, 1.807) is 31.6 Å². The molecule has 1 aromatic carbocycles. The minimum Gasteiger partial charge on any atom is -0.467 e. The number of carbonyl (C=O) groups excluding carboxylic acids is 1. The molecule has 28 heavy (non-hydrogen) atoms. The number of carbonyl (C=O) groups is 1. The highest BCUT2D eigenvalue weighted by atomic mass is 32.2. The van der Waals surface area contributed by atoms with E-state index in [1.807, 2.05) is 12.1 Å². The van der Waals surface area contributed by atoms with Gasteiger partial charge in [0.05, 0.1) is 17.7 Å². The Hall–Kier alpha value is -2.97. The Labute approximate surface area is 164 Å². The molecule has 0 bridgehead atoms. The zero-order valence-corrected chi connectivity index (χ0v) is 16.2. The van der Waals surface area contributed by atoms with Crippen LogP contribution in [0.15, 0.2) is 76.5 Å². The van der Waals surface area contributed by atoms with E-state index in [4.69, 9.17) is 4.42 Å². The number of nitrogens with one attached hydrogen (secondary N) is 1. The van der Waals surface area contributed by atoms with Crippen LogP contribution >= 0.6 is 0 Å². The molecule has 0 fully saturated rings. The molecule has 3 rings (SSSR count). The maximum Gasteiger partial charge on any atom is 0.251 e. The molecule has 0 radical (unpaired) electrons. The van der Waals surface area contributed by atoms with Crippen molar-refractivity contribution in [2.75, 3.05) is 13.6 Å². The number of furan rings is 1. The van der Waals surface area contributed by atoms with Gasteiger partial charge in [0.15, 0.2) is 0 Å². The maximum absolute atomic E-state index is 12.7. The van der Waals surface area contributed by atoms with Crippen LogP contribution in [0.4, 0.5) is 0 Å². The molecule has 0 saturated heterocycles. The molecule has 0 aliphatic heterocycles. The van der Waals surface area contributed by atoms with Crippen LogP contribution in [0.25, 0.3) is 0 Å². The smallest absolute Gasteiger partial charge is 0.251 e. The zero-order valence-electron chi connectivity index (χ0n) is 15.4. The highest BCUT2D eigenvalue weighted by Gasteiger charge is 2.21. The summed E-state index contributed by atoms with van der Waals surface area (Å²) in [5.41, 5.74) is 1.39. The molecule has 3 aromatic rings. The summed E-state index contributed by atoms with van der Waals surface area (Å²) in [6.07, 6.45) is 5.48. The third kappa shape index (κ3) is 4.85. The second-order valence-corrected chi connectivity index (χ2v) is 8.26. The molecule has 0 aliphatic carbocycles. The second-order valence-electron chi connectivity index (χ2n) is 6.22. The summed E-state index contributed by atoms with van der Waals surface area (Å²) in [4.78, 5) is 16.3. The second kappa shape index (κ2) is 8.81. The molecule has 0 atom stereocenters. The van der Waals surface area contributed by atoms with Gasteiger partial charge >= 0.3 is 0 Å². The molecule has 2 aromatic heterocycles. The van der Waals surface area contributed by atoms with Crippen molar-refractivity contribution in [3.63, 3.8) is 0 Å².